The van der Waals surface area contributed by atoms with Gasteiger partial charge in [-0.15, -0.1) is 0 Å². The Labute approximate surface area is 154 Å². The summed E-state index contributed by atoms with van der Waals surface area (Å²) in [6, 6.07) is 0. The fourth-order valence-corrected chi connectivity index (χ4v) is 3.25. The smallest absolute Gasteiger partial charge is 0.371 e. The second-order valence-corrected chi connectivity index (χ2v) is 7.54. The number of aromatic nitrogens is 4. The maximum absolute atomic E-state index is 12.0. The number of aromatic amines is 1. The molecule has 4 N–H and O–H groups in total. The first-order chi connectivity index (χ1) is 12.8. The van der Waals surface area contributed by atoms with Crippen molar-refractivity contribution in [2.75, 3.05) is 26.1 Å². The van der Waals surface area contributed by atoms with Gasteiger partial charge in [-0.05, 0) is 12.8 Å². The average molecular weight is 403 g/mol. The largest absolute Gasteiger partial charge is 0.472 e. The van der Waals surface area contributed by atoms with E-state index in [9.17, 15) is 14.3 Å². The molecule has 150 valence electrons. The molecule has 0 radical (unpaired) electrons. The molecular formula is C14H22N5O7P. The van der Waals surface area contributed by atoms with E-state index in [1.54, 1.807) is 0 Å². The van der Waals surface area contributed by atoms with E-state index in [1.807, 2.05) is 6.92 Å². The number of nitrogens with zero attached hydrogens (tertiary/aromatic N) is 3. The molecule has 1 fully saturated rings. The van der Waals surface area contributed by atoms with Crippen LogP contribution >= 0.6 is 7.82 Å². The lowest BCUT2D eigenvalue weighted by Gasteiger charge is -2.28. The van der Waals surface area contributed by atoms with Crippen LogP contribution in [0.5, 0.6) is 0 Å². The van der Waals surface area contributed by atoms with Gasteiger partial charge >= 0.3 is 7.82 Å². The van der Waals surface area contributed by atoms with Gasteiger partial charge in [0.05, 0.1) is 19.0 Å². The number of imidazole rings is 1. The van der Waals surface area contributed by atoms with Gasteiger partial charge in [0.25, 0.3) is 5.56 Å². The molecule has 12 nitrogen and oxygen atoms in total. The fraction of sp³-hybridized carbons (Fsp3) is 0.643. The second-order valence-electron chi connectivity index (χ2n) is 5.98. The zero-order valence-electron chi connectivity index (χ0n) is 14.9. The van der Waals surface area contributed by atoms with E-state index >= 15 is 0 Å². The predicted molar refractivity (Wildman–Crippen MR) is 93.9 cm³/mol. The van der Waals surface area contributed by atoms with Crippen LogP contribution in [0.4, 0.5) is 5.95 Å². The molecule has 1 saturated heterocycles. The number of hydrogen-bond donors (Lipinski definition) is 3. The van der Waals surface area contributed by atoms with Gasteiger partial charge in [0, 0.05) is 13.7 Å². The molecule has 0 aliphatic carbocycles. The first kappa shape index (κ1) is 19.9. The number of H-pyrrole nitrogens is 1. The van der Waals surface area contributed by atoms with Gasteiger partial charge in [-0.25, -0.2) is 9.55 Å². The van der Waals surface area contributed by atoms with E-state index in [0.29, 0.717) is 13.0 Å². The van der Waals surface area contributed by atoms with Crippen LogP contribution in [0.2, 0.25) is 0 Å². The topological polar surface area (TPSA) is 164 Å². The molecule has 2 aromatic rings. The fourth-order valence-electron chi connectivity index (χ4n) is 2.81. The highest BCUT2D eigenvalue weighted by Crippen LogP contribution is 2.43. The lowest BCUT2D eigenvalue weighted by molar-refractivity contribution is -0.115. The highest BCUT2D eigenvalue weighted by Gasteiger charge is 2.34. The number of nitrogen functional groups attached to an aromatic ring is 1. The molecule has 2 aromatic heterocycles. The second kappa shape index (κ2) is 8.05. The van der Waals surface area contributed by atoms with Crippen LogP contribution in [0.15, 0.2) is 11.1 Å². The van der Waals surface area contributed by atoms with Crippen LogP contribution in [0.1, 0.15) is 26.0 Å². The van der Waals surface area contributed by atoms with E-state index in [2.05, 4.69) is 19.5 Å². The third-order valence-electron chi connectivity index (χ3n) is 4.23. The van der Waals surface area contributed by atoms with Crippen molar-refractivity contribution in [3.8, 4) is 0 Å². The molecule has 0 spiro atoms. The predicted octanol–water partition coefficient (Wildman–Crippen LogP) is 0.548. The summed E-state index contributed by atoms with van der Waals surface area (Å²) in [4.78, 5) is 32.1. The normalized spacial score (nSPS) is 26.0. The van der Waals surface area contributed by atoms with E-state index < -0.39 is 25.7 Å². The molecule has 0 aromatic carbocycles. The number of phosphoric ester groups is 1. The van der Waals surface area contributed by atoms with Gasteiger partial charge in [0.15, 0.2) is 17.4 Å². The summed E-state index contributed by atoms with van der Waals surface area (Å²) in [5, 5.41) is 0. The minimum atomic E-state index is -4.19. The Bertz CT molecular complexity index is 900. The van der Waals surface area contributed by atoms with Crippen molar-refractivity contribution in [3.05, 3.63) is 16.7 Å². The first-order valence-corrected chi connectivity index (χ1v) is 9.86. The maximum atomic E-state index is 12.0. The van der Waals surface area contributed by atoms with Crippen molar-refractivity contribution >= 4 is 24.9 Å². The van der Waals surface area contributed by atoms with Crippen LogP contribution in [-0.4, -0.2) is 56.9 Å². The molecule has 0 saturated carbocycles. The highest BCUT2D eigenvalue weighted by atomic mass is 31.2. The Morgan fingerprint density at radius 2 is 2.33 bits per heavy atom. The Hall–Kier alpha value is -1.82. The van der Waals surface area contributed by atoms with E-state index in [0.717, 1.165) is 13.5 Å². The number of anilines is 1. The van der Waals surface area contributed by atoms with Crippen LogP contribution in [-0.2, 0) is 23.1 Å². The lowest BCUT2D eigenvalue weighted by Crippen LogP contribution is -2.33. The standard InChI is InChI=1S/C14H22N5O7P/c1-3-8-4-5-24-9(6-25-27(21,22)23-2)13(26-8)19-7-16-10-11(19)17-14(15)18-12(10)20/h7-9,13H,3-6H2,1-2H3,(H,21,22)(H3,15,17,18,20)/t8?,9-,13+/m0/s1. The molecule has 13 heteroatoms. The number of rotatable bonds is 6. The summed E-state index contributed by atoms with van der Waals surface area (Å²) in [5.41, 5.74) is 5.47. The minimum absolute atomic E-state index is 0.0668. The summed E-state index contributed by atoms with van der Waals surface area (Å²) in [6.07, 6.45) is 1.06. The van der Waals surface area contributed by atoms with Gasteiger partial charge in [0.1, 0.15) is 6.10 Å². The van der Waals surface area contributed by atoms with E-state index in [4.69, 9.17) is 19.7 Å². The molecule has 3 rings (SSSR count). The summed E-state index contributed by atoms with van der Waals surface area (Å²) in [7, 11) is -3.13. The molecule has 0 bridgehead atoms. The Kier molecular flexibility index (Phi) is 5.94. The van der Waals surface area contributed by atoms with Crippen molar-refractivity contribution in [3.63, 3.8) is 0 Å². The van der Waals surface area contributed by atoms with Gasteiger partial charge in [-0.2, -0.15) is 4.98 Å². The van der Waals surface area contributed by atoms with Crippen molar-refractivity contribution in [1.82, 2.24) is 19.5 Å². The molecule has 1 aliphatic heterocycles. The number of ether oxygens (including phenoxy) is 2. The number of hydrogen-bond acceptors (Lipinski definition) is 9. The number of phosphoric acid groups is 1. The molecule has 3 heterocycles. The lowest BCUT2D eigenvalue weighted by atomic mass is 10.2. The third-order valence-corrected chi connectivity index (χ3v) is 5.17. The monoisotopic (exact) mass is 403 g/mol. The first-order valence-electron chi connectivity index (χ1n) is 8.37. The average Bonchev–Trinajstić information content (AvgIpc) is 2.93. The van der Waals surface area contributed by atoms with Gasteiger partial charge < -0.3 is 20.1 Å². The molecule has 4 atom stereocenters. The van der Waals surface area contributed by atoms with Crippen LogP contribution < -0.4 is 11.3 Å². The van der Waals surface area contributed by atoms with Gasteiger partial charge in [0.2, 0.25) is 5.95 Å². The Balaban J connectivity index is 1.98. The summed E-state index contributed by atoms with van der Waals surface area (Å²) < 4.78 is 34.5. The summed E-state index contributed by atoms with van der Waals surface area (Å²) >= 11 is 0. The molecule has 0 amide bonds. The van der Waals surface area contributed by atoms with Crippen molar-refractivity contribution < 1.29 is 28.0 Å². The van der Waals surface area contributed by atoms with Crippen molar-refractivity contribution in [2.45, 2.75) is 38.2 Å². The minimum Gasteiger partial charge on any atom is -0.371 e. The van der Waals surface area contributed by atoms with Gasteiger partial charge in [-0.3, -0.25) is 23.4 Å². The molecule has 2 unspecified atom stereocenters. The third kappa shape index (κ3) is 4.37. The zero-order valence-corrected chi connectivity index (χ0v) is 15.8. The van der Waals surface area contributed by atoms with Crippen LogP contribution in [0.25, 0.3) is 11.2 Å². The molecule has 27 heavy (non-hydrogen) atoms. The summed E-state index contributed by atoms with van der Waals surface area (Å²) in [5.74, 6) is -0.0668. The van der Waals surface area contributed by atoms with Crippen LogP contribution in [0.3, 0.4) is 0 Å². The Morgan fingerprint density at radius 3 is 3.04 bits per heavy atom. The summed E-state index contributed by atoms with van der Waals surface area (Å²) in [6.45, 7) is 2.06. The van der Waals surface area contributed by atoms with Crippen LogP contribution in [0, 0.1) is 0 Å². The number of fused-ring (bicyclic) bond motifs is 1. The van der Waals surface area contributed by atoms with E-state index in [1.165, 1.54) is 10.9 Å². The zero-order chi connectivity index (χ0) is 19.6. The quantitative estimate of drug-likeness (QED) is 0.580. The van der Waals surface area contributed by atoms with Crippen molar-refractivity contribution in [2.24, 2.45) is 0 Å². The maximum Gasteiger partial charge on any atom is 0.472 e. The number of nitrogens with two attached hydrogens (primary N) is 1. The van der Waals surface area contributed by atoms with Gasteiger partial charge in [-0.1, -0.05) is 6.92 Å². The van der Waals surface area contributed by atoms with E-state index in [-0.39, 0.29) is 29.8 Å². The Morgan fingerprint density at radius 1 is 1.56 bits per heavy atom. The highest BCUT2D eigenvalue weighted by molar-refractivity contribution is 7.47. The number of nitrogens with one attached hydrogen (secondary N) is 1. The van der Waals surface area contributed by atoms with Crippen molar-refractivity contribution in [1.29, 1.82) is 0 Å². The SMILES string of the molecule is CCC1CCO[C@@H](COP(=O)(O)OC)[C@H](n2cnc3c(=O)[nH]c(N)nc32)O1. The molecular weight excluding hydrogens is 381 g/mol. The molecule has 1 aliphatic rings.